The summed E-state index contributed by atoms with van der Waals surface area (Å²) in [5, 5.41) is 18.6. The number of hydrogen-bond acceptors (Lipinski definition) is 5. The second kappa shape index (κ2) is 11.5. The van der Waals surface area contributed by atoms with E-state index in [1.807, 2.05) is 30.3 Å². The van der Waals surface area contributed by atoms with Gasteiger partial charge in [0.2, 0.25) is 0 Å². The minimum atomic E-state index is -5.12. The number of piperidine rings is 1. The summed E-state index contributed by atoms with van der Waals surface area (Å²) in [7, 11) is 0. The maximum atomic E-state index is 14.2. The first kappa shape index (κ1) is 29.8. The van der Waals surface area contributed by atoms with Gasteiger partial charge in [-0.3, -0.25) is 4.79 Å². The fraction of sp³-hybridized carbons (Fsp3) is 0.321. The van der Waals surface area contributed by atoms with Crippen LogP contribution in [0, 0.1) is 0 Å². The third-order valence-corrected chi connectivity index (χ3v) is 7.27. The second-order valence-electron chi connectivity index (χ2n) is 10.2. The number of nitrogens with zero attached hydrogens (tertiary/aromatic N) is 4. The zero-order chi connectivity index (χ0) is 30.8. The largest absolute Gasteiger partial charge is 0.416 e. The molecule has 1 aromatic heterocycles. The molecule has 1 aliphatic heterocycles. The van der Waals surface area contributed by atoms with Gasteiger partial charge in [0, 0.05) is 18.8 Å². The van der Waals surface area contributed by atoms with E-state index in [4.69, 9.17) is 0 Å². The molecule has 2 aromatic carbocycles. The van der Waals surface area contributed by atoms with E-state index in [1.54, 1.807) is 17.1 Å². The van der Waals surface area contributed by atoms with Gasteiger partial charge in [-0.2, -0.15) is 31.6 Å². The Morgan fingerprint density at radius 2 is 1.58 bits per heavy atom. The van der Waals surface area contributed by atoms with Gasteiger partial charge in [0.25, 0.3) is 5.91 Å². The Bertz CT molecular complexity index is 1500. The average Bonchev–Trinajstić information content (AvgIpc) is 3.51. The lowest BCUT2D eigenvalue weighted by atomic mass is 9.75. The van der Waals surface area contributed by atoms with Crippen LogP contribution in [0.5, 0.6) is 0 Å². The third-order valence-electron chi connectivity index (χ3n) is 7.27. The number of alkyl halides is 6. The lowest BCUT2D eigenvalue weighted by Crippen LogP contribution is -2.63. The molecule has 3 N–H and O–H groups in total. The number of urea groups is 1. The molecule has 43 heavy (non-hydrogen) atoms. The zero-order valence-corrected chi connectivity index (χ0v) is 22.3. The predicted octanol–water partition coefficient (Wildman–Crippen LogP) is 5.55. The van der Waals surface area contributed by atoms with Crippen molar-refractivity contribution in [2.75, 3.05) is 18.4 Å². The van der Waals surface area contributed by atoms with Gasteiger partial charge in [0.1, 0.15) is 0 Å². The summed E-state index contributed by atoms with van der Waals surface area (Å²) < 4.78 is 80.5. The molecule has 15 heteroatoms. The van der Waals surface area contributed by atoms with Gasteiger partial charge in [-0.1, -0.05) is 47.7 Å². The third kappa shape index (κ3) is 6.39. The zero-order valence-electron chi connectivity index (χ0n) is 22.3. The number of hydrogen-bond donors (Lipinski definition) is 3. The van der Waals surface area contributed by atoms with Crippen LogP contribution in [0.15, 0.2) is 66.8 Å². The first-order valence-electron chi connectivity index (χ1n) is 13.2. The Morgan fingerprint density at radius 1 is 0.930 bits per heavy atom. The van der Waals surface area contributed by atoms with Crippen LogP contribution in [0.1, 0.15) is 47.7 Å². The number of rotatable bonds is 5. The number of aromatic nitrogens is 4. The lowest BCUT2D eigenvalue weighted by molar-refractivity contribution is -0.143. The first-order valence-corrected chi connectivity index (χ1v) is 13.2. The van der Waals surface area contributed by atoms with Gasteiger partial charge < -0.3 is 15.5 Å². The van der Waals surface area contributed by atoms with Crippen molar-refractivity contribution in [3.8, 4) is 0 Å². The molecule has 2 unspecified atom stereocenters. The van der Waals surface area contributed by atoms with Crippen LogP contribution in [-0.4, -0.2) is 56.1 Å². The van der Waals surface area contributed by atoms with E-state index >= 15 is 0 Å². The van der Waals surface area contributed by atoms with E-state index in [9.17, 15) is 35.9 Å². The molecule has 2 aliphatic rings. The number of tetrazole rings is 1. The number of amides is 3. The van der Waals surface area contributed by atoms with E-state index in [2.05, 4.69) is 31.3 Å². The molecule has 0 saturated carbocycles. The highest BCUT2D eigenvalue weighted by molar-refractivity contribution is 6.00. The molecule has 5 rings (SSSR count). The van der Waals surface area contributed by atoms with Crippen LogP contribution in [0.4, 0.5) is 36.8 Å². The summed E-state index contributed by atoms with van der Waals surface area (Å²) in [5.74, 6) is -1.57. The molecule has 0 spiro atoms. The van der Waals surface area contributed by atoms with Crippen molar-refractivity contribution in [2.45, 2.75) is 43.1 Å². The lowest BCUT2D eigenvalue weighted by Gasteiger charge is -2.41. The fourth-order valence-electron chi connectivity index (χ4n) is 5.21. The maximum absolute atomic E-state index is 14.2. The van der Waals surface area contributed by atoms with E-state index < -0.39 is 52.6 Å². The number of H-pyrrole nitrogens is 1. The number of likely N-dealkylation sites (tertiary alicyclic amines) is 1. The van der Waals surface area contributed by atoms with Crippen LogP contribution < -0.4 is 10.6 Å². The van der Waals surface area contributed by atoms with Crippen LogP contribution in [0.3, 0.4) is 0 Å². The molecular formula is C28H25F6N7O2. The molecule has 9 nitrogen and oxygen atoms in total. The second-order valence-corrected chi connectivity index (χ2v) is 10.2. The standard InChI is InChI=1S/C28H25F6N7O2/c29-27(30,31)19-14-20(28(32,33)34)16-21(15-19)35-25(43)36-26(24(42)41-11-5-2-6-12-41)10-9-18(17-7-3-1-4-8-17)13-22(26)23-37-39-40-38-23/h1,3-4,7-10,13-16,22H,2,5-6,11-12H2,(H2,35,36,43)(H,37,38,39,40). The van der Waals surface area contributed by atoms with Crippen molar-refractivity contribution in [1.29, 1.82) is 0 Å². The Hall–Kier alpha value is -4.69. The molecule has 3 amide bonds. The highest BCUT2D eigenvalue weighted by Gasteiger charge is 2.50. The Labute approximate surface area is 241 Å². The normalized spacial score (nSPS) is 20.8. The van der Waals surface area contributed by atoms with Crippen molar-refractivity contribution < 1.29 is 35.9 Å². The van der Waals surface area contributed by atoms with Crippen molar-refractivity contribution in [3.05, 3.63) is 89.3 Å². The topological polar surface area (TPSA) is 116 Å². The SMILES string of the molecule is O=C(Nc1cc(C(F)(F)F)cc(C(F)(F)F)c1)NC1(C(=O)N2CCCCC2)C=CC(c2ccccc2)=CC1c1nn[nH]n1. The van der Waals surface area contributed by atoms with Gasteiger partial charge in [-0.15, -0.1) is 10.2 Å². The summed E-state index contributed by atoms with van der Waals surface area (Å²) in [6, 6.07) is 8.60. The average molecular weight is 606 g/mol. The van der Waals surface area contributed by atoms with Crippen LogP contribution >= 0.6 is 0 Å². The van der Waals surface area contributed by atoms with E-state index in [-0.39, 0.29) is 11.9 Å². The van der Waals surface area contributed by atoms with Crippen LogP contribution in [0.2, 0.25) is 0 Å². The number of halogens is 6. The monoisotopic (exact) mass is 605 g/mol. The van der Waals surface area contributed by atoms with Gasteiger partial charge in [0.05, 0.1) is 17.0 Å². The fourth-order valence-corrected chi connectivity index (χ4v) is 5.21. The number of nitrogens with one attached hydrogen (secondary N) is 3. The maximum Gasteiger partial charge on any atom is 0.416 e. The van der Waals surface area contributed by atoms with E-state index in [0.717, 1.165) is 12.0 Å². The Kier molecular flexibility index (Phi) is 7.99. The Morgan fingerprint density at radius 3 is 2.16 bits per heavy atom. The van der Waals surface area contributed by atoms with Crippen LogP contribution in [-0.2, 0) is 17.1 Å². The predicted molar refractivity (Wildman–Crippen MR) is 142 cm³/mol. The molecule has 1 aliphatic carbocycles. The number of carbonyl (C=O) groups excluding carboxylic acids is 2. The molecule has 0 radical (unpaired) electrons. The molecule has 1 saturated heterocycles. The molecular weight excluding hydrogens is 580 g/mol. The Balaban J connectivity index is 1.55. The molecule has 3 aromatic rings. The number of benzene rings is 2. The highest BCUT2D eigenvalue weighted by atomic mass is 19.4. The summed E-state index contributed by atoms with van der Waals surface area (Å²) in [5.41, 5.74) is -4.44. The van der Waals surface area contributed by atoms with Gasteiger partial charge in [-0.25, -0.2) is 4.79 Å². The summed E-state index contributed by atoms with van der Waals surface area (Å²) in [6.45, 7) is 0.767. The molecule has 1 fully saturated rings. The molecule has 2 atom stereocenters. The van der Waals surface area contributed by atoms with E-state index in [0.29, 0.717) is 43.6 Å². The summed E-state index contributed by atoms with van der Waals surface area (Å²) >= 11 is 0. The van der Waals surface area contributed by atoms with Gasteiger partial charge in [0.15, 0.2) is 11.4 Å². The van der Waals surface area contributed by atoms with Gasteiger partial charge in [-0.05, 0) is 54.7 Å². The smallest absolute Gasteiger partial charge is 0.340 e. The number of anilines is 1. The number of allylic oxidation sites excluding steroid dienone is 2. The minimum absolute atomic E-state index is 0.0295. The molecule has 0 bridgehead atoms. The van der Waals surface area contributed by atoms with Gasteiger partial charge >= 0.3 is 18.4 Å². The highest BCUT2D eigenvalue weighted by Crippen LogP contribution is 2.40. The molecule has 226 valence electrons. The van der Waals surface area contributed by atoms with Crippen molar-refractivity contribution in [2.24, 2.45) is 0 Å². The minimum Gasteiger partial charge on any atom is -0.340 e. The summed E-state index contributed by atoms with van der Waals surface area (Å²) in [4.78, 5) is 29.1. The quantitative estimate of drug-likeness (QED) is 0.330. The molecule has 2 heterocycles. The number of aromatic amines is 1. The van der Waals surface area contributed by atoms with Crippen LogP contribution in [0.25, 0.3) is 5.57 Å². The van der Waals surface area contributed by atoms with Crippen molar-refractivity contribution in [3.63, 3.8) is 0 Å². The first-order chi connectivity index (χ1) is 20.4. The number of carbonyl (C=O) groups is 2. The van der Waals surface area contributed by atoms with Crippen molar-refractivity contribution in [1.82, 2.24) is 30.8 Å². The van der Waals surface area contributed by atoms with Crippen molar-refractivity contribution >= 4 is 23.2 Å². The summed E-state index contributed by atoms with van der Waals surface area (Å²) in [6.07, 6.45) is -3.21. The van der Waals surface area contributed by atoms with E-state index in [1.165, 1.54) is 6.08 Å².